The molecule has 1 aliphatic rings. The lowest BCUT2D eigenvalue weighted by atomic mass is 10.2. The summed E-state index contributed by atoms with van der Waals surface area (Å²) in [5.41, 5.74) is 0.248. The minimum absolute atomic E-state index is 0.0346. The van der Waals surface area contributed by atoms with Crippen molar-refractivity contribution in [3.63, 3.8) is 0 Å². The quantitative estimate of drug-likeness (QED) is 0.813. The standard InChI is InChI=1S/C17H21F3N2O3/c1-21(16(24)12-22-10-6-2-3-9-15(22)23)11-13-7-4-5-8-14(13)25-17(18,19)20/h4-5,7-8H,2-3,6,9-12H2,1H3. The summed E-state index contributed by atoms with van der Waals surface area (Å²) in [6, 6.07) is 5.69. The number of amides is 2. The van der Waals surface area contributed by atoms with Crippen LogP contribution in [0.1, 0.15) is 31.2 Å². The molecule has 0 spiro atoms. The minimum atomic E-state index is -4.79. The maximum Gasteiger partial charge on any atom is 0.573 e. The Morgan fingerprint density at radius 3 is 2.68 bits per heavy atom. The molecule has 25 heavy (non-hydrogen) atoms. The zero-order chi connectivity index (χ0) is 18.4. The molecule has 8 heteroatoms. The zero-order valence-electron chi connectivity index (χ0n) is 14.0. The second-order valence-corrected chi connectivity index (χ2v) is 6.03. The molecule has 0 aliphatic carbocycles. The number of carbonyl (C=O) groups is 2. The summed E-state index contributed by atoms with van der Waals surface area (Å²) in [4.78, 5) is 27.1. The highest BCUT2D eigenvalue weighted by atomic mass is 19.4. The third-order valence-electron chi connectivity index (χ3n) is 4.03. The Morgan fingerprint density at radius 1 is 1.24 bits per heavy atom. The molecular formula is C17H21F3N2O3. The zero-order valence-corrected chi connectivity index (χ0v) is 14.0. The Hall–Kier alpha value is -2.25. The maximum absolute atomic E-state index is 12.5. The van der Waals surface area contributed by atoms with Crippen LogP contribution in [0.5, 0.6) is 5.75 Å². The highest BCUT2D eigenvalue weighted by Gasteiger charge is 2.32. The first-order valence-corrected chi connectivity index (χ1v) is 8.11. The molecule has 0 unspecified atom stereocenters. The molecule has 1 aliphatic heterocycles. The van der Waals surface area contributed by atoms with Gasteiger partial charge in [0.15, 0.2) is 0 Å². The lowest BCUT2D eigenvalue weighted by Gasteiger charge is -2.24. The number of para-hydroxylation sites is 1. The molecule has 0 atom stereocenters. The van der Waals surface area contributed by atoms with Crippen molar-refractivity contribution in [1.82, 2.24) is 9.80 Å². The number of likely N-dealkylation sites (tertiary alicyclic amines) is 1. The van der Waals surface area contributed by atoms with Crippen LogP contribution in [0.25, 0.3) is 0 Å². The molecule has 0 aromatic heterocycles. The average molecular weight is 358 g/mol. The number of hydrogen-bond acceptors (Lipinski definition) is 3. The van der Waals surface area contributed by atoms with E-state index < -0.39 is 6.36 Å². The molecule has 5 nitrogen and oxygen atoms in total. The number of alkyl halides is 3. The average Bonchev–Trinajstić information content (AvgIpc) is 2.72. The number of nitrogens with zero attached hydrogens (tertiary/aromatic N) is 2. The molecule has 1 aromatic carbocycles. The molecule has 1 aromatic rings. The van der Waals surface area contributed by atoms with Gasteiger partial charge in [0.25, 0.3) is 0 Å². The molecule has 2 amide bonds. The van der Waals surface area contributed by atoms with E-state index in [2.05, 4.69) is 4.74 Å². The third kappa shape index (κ3) is 5.95. The van der Waals surface area contributed by atoms with Crippen LogP contribution in [-0.2, 0) is 16.1 Å². The van der Waals surface area contributed by atoms with Gasteiger partial charge in [0.1, 0.15) is 5.75 Å². The van der Waals surface area contributed by atoms with Crippen molar-refractivity contribution in [3.05, 3.63) is 29.8 Å². The van der Waals surface area contributed by atoms with Crippen LogP contribution in [0.4, 0.5) is 13.2 Å². The van der Waals surface area contributed by atoms with E-state index in [0.717, 1.165) is 19.3 Å². The number of benzene rings is 1. The van der Waals surface area contributed by atoms with E-state index in [-0.39, 0.29) is 36.2 Å². The lowest BCUT2D eigenvalue weighted by Crippen LogP contribution is -2.41. The van der Waals surface area contributed by atoms with Gasteiger partial charge in [0, 0.05) is 32.1 Å². The molecule has 1 heterocycles. The van der Waals surface area contributed by atoms with E-state index in [1.54, 1.807) is 6.07 Å². The fraction of sp³-hybridized carbons (Fsp3) is 0.529. The lowest BCUT2D eigenvalue weighted by molar-refractivity contribution is -0.275. The topological polar surface area (TPSA) is 49.9 Å². The summed E-state index contributed by atoms with van der Waals surface area (Å²) in [7, 11) is 1.50. The second-order valence-electron chi connectivity index (χ2n) is 6.03. The molecule has 0 N–H and O–H groups in total. The van der Waals surface area contributed by atoms with Gasteiger partial charge in [-0.1, -0.05) is 24.6 Å². The van der Waals surface area contributed by atoms with Crippen molar-refractivity contribution < 1.29 is 27.5 Å². The fourth-order valence-electron chi connectivity index (χ4n) is 2.69. The summed E-state index contributed by atoms with van der Waals surface area (Å²) < 4.78 is 41.4. The maximum atomic E-state index is 12.5. The largest absolute Gasteiger partial charge is 0.573 e. The Bertz CT molecular complexity index is 619. The van der Waals surface area contributed by atoms with E-state index in [9.17, 15) is 22.8 Å². The molecule has 1 saturated heterocycles. The molecule has 0 radical (unpaired) electrons. The van der Waals surface area contributed by atoms with Gasteiger partial charge in [0.05, 0.1) is 6.54 Å². The Morgan fingerprint density at radius 2 is 1.96 bits per heavy atom. The summed E-state index contributed by atoms with van der Waals surface area (Å²) in [5, 5.41) is 0. The number of ether oxygens (including phenoxy) is 1. The Labute approximate surface area is 144 Å². The van der Waals surface area contributed by atoms with Gasteiger partial charge in [-0.25, -0.2) is 0 Å². The third-order valence-corrected chi connectivity index (χ3v) is 4.03. The summed E-state index contributed by atoms with van der Waals surface area (Å²) in [6.07, 6.45) is -1.74. The molecular weight excluding hydrogens is 337 g/mol. The van der Waals surface area contributed by atoms with Gasteiger partial charge >= 0.3 is 6.36 Å². The van der Waals surface area contributed by atoms with E-state index in [4.69, 9.17) is 0 Å². The smallest absolute Gasteiger partial charge is 0.405 e. The predicted molar refractivity (Wildman–Crippen MR) is 84.6 cm³/mol. The first-order valence-electron chi connectivity index (χ1n) is 8.11. The normalized spacial score (nSPS) is 15.7. The van der Waals surface area contributed by atoms with Gasteiger partial charge in [-0.15, -0.1) is 13.2 Å². The highest BCUT2D eigenvalue weighted by molar-refractivity contribution is 5.84. The van der Waals surface area contributed by atoms with Crippen molar-refractivity contribution in [2.24, 2.45) is 0 Å². The van der Waals surface area contributed by atoms with Gasteiger partial charge < -0.3 is 14.5 Å². The van der Waals surface area contributed by atoms with Crippen LogP contribution in [-0.4, -0.2) is 48.1 Å². The van der Waals surface area contributed by atoms with Gasteiger partial charge in [-0.05, 0) is 18.9 Å². The number of hydrogen-bond donors (Lipinski definition) is 0. The molecule has 1 fully saturated rings. The van der Waals surface area contributed by atoms with Crippen molar-refractivity contribution in [2.45, 2.75) is 38.6 Å². The van der Waals surface area contributed by atoms with Crippen molar-refractivity contribution in [1.29, 1.82) is 0 Å². The van der Waals surface area contributed by atoms with E-state index in [1.807, 2.05) is 0 Å². The van der Waals surface area contributed by atoms with E-state index >= 15 is 0 Å². The predicted octanol–water partition coefficient (Wildman–Crippen LogP) is 2.95. The van der Waals surface area contributed by atoms with Crippen LogP contribution in [0.2, 0.25) is 0 Å². The molecule has 138 valence electrons. The number of carbonyl (C=O) groups excluding carboxylic acids is 2. The monoisotopic (exact) mass is 358 g/mol. The van der Waals surface area contributed by atoms with Crippen molar-refractivity contribution in [2.75, 3.05) is 20.1 Å². The Balaban J connectivity index is 2.00. The number of halogens is 3. The van der Waals surface area contributed by atoms with Gasteiger partial charge in [0.2, 0.25) is 11.8 Å². The van der Waals surface area contributed by atoms with Crippen LogP contribution >= 0.6 is 0 Å². The number of likely N-dealkylation sites (N-methyl/N-ethyl adjacent to an activating group) is 1. The van der Waals surface area contributed by atoms with Crippen LogP contribution in [0.15, 0.2) is 24.3 Å². The Kier molecular flexibility index (Phi) is 6.27. The second kappa shape index (κ2) is 8.22. The summed E-state index contributed by atoms with van der Waals surface area (Å²) in [5.74, 6) is -0.711. The van der Waals surface area contributed by atoms with Crippen molar-refractivity contribution >= 4 is 11.8 Å². The summed E-state index contributed by atoms with van der Waals surface area (Å²) >= 11 is 0. The van der Waals surface area contributed by atoms with Crippen molar-refractivity contribution in [3.8, 4) is 5.75 Å². The fourth-order valence-corrected chi connectivity index (χ4v) is 2.69. The summed E-state index contributed by atoms with van der Waals surface area (Å²) in [6.45, 7) is 0.441. The first-order chi connectivity index (χ1) is 11.8. The SMILES string of the molecule is CN(Cc1ccccc1OC(F)(F)F)C(=O)CN1CCCCCC1=O. The van der Waals surface area contributed by atoms with Gasteiger partial charge in [-0.3, -0.25) is 9.59 Å². The molecule has 2 rings (SSSR count). The highest BCUT2D eigenvalue weighted by Crippen LogP contribution is 2.27. The molecule has 0 bridgehead atoms. The van der Waals surface area contributed by atoms with E-state index in [1.165, 1.54) is 35.0 Å². The first kappa shape index (κ1) is 19.1. The van der Waals surface area contributed by atoms with Gasteiger partial charge in [-0.2, -0.15) is 0 Å². The van der Waals surface area contributed by atoms with Crippen LogP contribution in [0.3, 0.4) is 0 Å². The minimum Gasteiger partial charge on any atom is -0.405 e. The van der Waals surface area contributed by atoms with E-state index in [0.29, 0.717) is 13.0 Å². The molecule has 0 saturated carbocycles. The van der Waals surface area contributed by atoms with Crippen LogP contribution < -0.4 is 4.74 Å². The van der Waals surface area contributed by atoms with Crippen LogP contribution in [0, 0.1) is 0 Å². The number of rotatable bonds is 5.